The molecular formula is C54H111N2O6P. The Hall–Kier alpha value is -0.500. The minimum atomic E-state index is -4.56. The molecule has 2 N–H and O–H groups in total. The Balaban J connectivity index is 3.90. The smallest absolute Gasteiger partial charge is 0.268 e. The maximum Gasteiger partial charge on any atom is 0.268 e. The topological polar surface area (TPSA) is 108 Å². The number of aliphatic hydroxyl groups is 1. The molecule has 0 radical (unpaired) electrons. The summed E-state index contributed by atoms with van der Waals surface area (Å²) < 4.78 is 23.3. The zero-order valence-electron chi connectivity index (χ0n) is 43.1. The first-order valence-corrected chi connectivity index (χ1v) is 29.3. The fourth-order valence-electron chi connectivity index (χ4n) is 8.69. The molecule has 0 saturated heterocycles. The van der Waals surface area contributed by atoms with Gasteiger partial charge in [0.1, 0.15) is 13.2 Å². The molecule has 0 spiro atoms. The lowest BCUT2D eigenvalue weighted by Crippen LogP contribution is -2.46. The van der Waals surface area contributed by atoms with Gasteiger partial charge in [-0.2, -0.15) is 0 Å². The van der Waals surface area contributed by atoms with Gasteiger partial charge >= 0.3 is 0 Å². The summed E-state index contributed by atoms with van der Waals surface area (Å²) in [4.78, 5) is 25.4. The van der Waals surface area contributed by atoms with Crippen molar-refractivity contribution in [3.63, 3.8) is 0 Å². The summed E-state index contributed by atoms with van der Waals surface area (Å²) in [5.41, 5.74) is 0. The number of amides is 1. The first-order chi connectivity index (χ1) is 30.5. The lowest BCUT2D eigenvalue weighted by molar-refractivity contribution is -0.870. The van der Waals surface area contributed by atoms with E-state index in [1.165, 1.54) is 225 Å². The summed E-state index contributed by atoms with van der Waals surface area (Å²) in [5.74, 6) is -0.159. The molecule has 378 valence electrons. The Bertz CT molecular complexity index is 994. The Morgan fingerprint density at radius 2 is 0.778 bits per heavy atom. The van der Waals surface area contributed by atoms with Crippen LogP contribution in [0.4, 0.5) is 0 Å². The zero-order chi connectivity index (χ0) is 46.4. The molecule has 0 aromatic heterocycles. The highest BCUT2D eigenvalue weighted by Crippen LogP contribution is 2.38. The summed E-state index contributed by atoms with van der Waals surface area (Å²) in [6.45, 7) is 4.74. The van der Waals surface area contributed by atoms with Crippen LogP contribution in [0.5, 0.6) is 0 Å². The molecule has 0 rings (SSSR count). The number of nitrogens with one attached hydrogen (secondary N) is 1. The minimum absolute atomic E-state index is 0.0160. The van der Waals surface area contributed by atoms with Crippen molar-refractivity contribution in [2.45, 2.75) is 302 Å². The monoisotopic (exact) mass is 915 g/mol. The van der Waals surface area contributed by atoms with Gasteiger partial charge in [-0.05, 0) is 12.8 Å². The van der Waals surface area contributed by atoms with E-state index >= 15 is 0 Å². The summed E-state index contributed by atoms with van der Waals surface area (Å²) in [7, 11) is 1.32. The second kappa shape index (κ2) is 46.6. The first-order valence-electron chi connectivity index (χ1n) is 27.9. The second-order valence-electron chi connectivity index (χ2n) is 20.7. The Morgan fingerprint density at radius 1 is 0.492 bits per heavy atom. The molecule has 8 nitrogen and oxygen atoms in total. The lowest BCUT2D eigenvalue weighted by Gasteiger charge is -2.30. The first kappa shape index (κ1) is 62.5. The van der Waals surface area contributed by atoms with Crippen LogP contribution >= 0.6 is 7.82 Å². The number of rotatable bonds is 52. The van der Waals surface area contributed by atoms with Gasteiger partial charge in [-0.1, -0.05) is 271 Å². The fourth-order valence-corrected chi connectivity index (χ4v) is 9.41. The van der Waals surface area contributed by atoms with Crippen LogP contribution in [0.15, 0.2) is 0 Å². The number of hydrogen-bond donors (Lipinski definition) is 2. The van der Waals surface area contributed by atoms with Crippen molar-refractivity contribution in [2.24, 2.45) is 0 Å². The molecule has 9 heteroatoms. The van der Waals surface area contributed by atoms with Gasteiger partial charge in [0, 0.05) is 6.42 Å². The quantitative estimate of drug-likeness (QED) is 0.0357. The fraction of sp³-hybridized carbons (Fsp3) is 0.981. The molecule has 1 amide bonds. The largest absolute Gasteiger partial charge is 0.756 e. The van der Waals surface area contributed by atoms with E-state index in [0.29, 0.717) is 23.9 Å². The summed E-state index contributed by atoms with van der Waals surface area (Å²) in [6.07, 6.45) is 54.4. The number of carbonyl (C=O) groups is 1. The summed E-state index contributed by atoms with van der Waals surface area (Å²) >= 11 is 0. The molecule has 0 aromatic rings. The van der Waals surface area contributed by atoms with Gasteiger partial charge < -0.3 is 28.8 Å². The third-order valence-corrected chi connectivity index (χ3v) is 14.1. The second-order valence-corrected chi connectivity index (χ2v) is 22.1. The third-order valence-electron chi connectivity index (χ3n) is 13.1. The van der Waals surface area contributed by atoms with Crippen molar-refractivity contribution in [3.05, 3.63) is 0 Å². The van der Waals surface area contributed by atoms with Crippen LogP contribution < -0.4 is 10.2 Å². The number of unbranched alkanes of at least 4 members (excludes halogenated alkanes) is 39. The van der Waals surface area contributed by atoms with Gasteiger partial charge in [-0.25, -0.2) is 0 Å². The Kier molecular flexibility index (Phi) is 46.2. The normalized spacial score (nSPS) is 14.0. The molecule has 3 atom stereocenters. The van der Waals surface area contributed by atoms with Crippen molar-refractivity contribution in [1.29, 1.82) is 0 Å². The van der Waals surface area contributed by atoms with Gasteiger partial charge in [-0.3, -0.25) is 9.36 Å². The van der Waals surface area contributed by atoms with Gasteiger partial charge in [0.15, 0.2) is 0 Å². The van der Waals surface area contributed by atoms with Gasteiger partial charge in [-0.15, -0.1) is 0 Å². The van der Waals surface area contributed by atoms with Crippen LogP contribution in [0.25, 0.3) is 0 Å². The number of phosphoric ester groups is 1. The number of nitrogens with zero attached hydrogens (tertiary/aromatic N) is 1. The highest BCUT2D eigenvalue weighted by atomic mass is 31.2. The number of likely N-dealkylation sites (N-methyl/N-ethyl adjacent to an activating group) is 1. The van der Waals surface area contributed by atoms with E-state index < -0.39 is 20.0 Å². The molecule has 0 fully saturated rings. The molecule has 0 aliphatic heterocycles. The van der Waals surface area contributed by atoms with Gasteiger partial charge in [0.2, 0.25) is 5.91 Å². The van der Waals surface area contributed by atoms with E-state index in [1.807, 2.05) is 21.1 Å². The molecule has 0 heterocycles. The summed E-state index contributed by atoms with van der Waals surface area (Å²) in [5, 5.41) is 13.9. The van der Waals surface area contributed by atoms with Crippen LogP contribution in [0.3, 0.4) is 0 Å². The van der Waals surface area contributed by atoms with Crippen LogP contribution in [0, 0.1) is 0 Å². The number of phosphoric acid groups is 1. The number of aliphatic hydroxyl groups excluding tert-OH is 1. The van der Waals surface area contributed by atoms with Crippen LogP contribution in [-0.4, -0.2) is 68.5 Å². The maximum absolute atomic E-state index is 12.9. The Morgan fingerprint density at radius 3 is 1.08 bits per heavy atom. The third kappa shape index (κ3) is 49.2. The molecule has 63 heavy (non-hydrogen) atoms. The molecule has 1 unspecified atom stereocenters. The lowest BCUT2D eigenvalue weighted by atomic mass is 10.0. The molecule has 0 aliphatic carbocycles. The van der Waals surface area contributed by atoms with E-state index in [9.17, 15) is 19.4 Å². The predicted molar refractivity (Wildman–Crippen MR) is 270 cm³/mol. The Labute approximate surface area is 393 Å². The van der Waals surface area contributed by atoms with Crippen LogP contribution in [-0.2, 0) is 18.4 Å². The predicted octanol–water partition coefficient (Wildman–Crippen LogP) is 15.9. The molecule has 0 aromatic carbocycles. The van der Waals surface area contributed by atoms with Crippen molar-refractivity contribution >= 4 is 13.7 Å². The van der Waals surface area contributed by atoms with Crippen molar-refractivity contribution < 1.29 is 32.9 Å². The van der Waals surface area contributed by atoms with Crippen molar-refractivity contribution in [3.8, 4) is 0 Å². The molecule has 0 bridgehead atoms. The molecule has 0 aliphatic rings. The zero-order valence-corrected chi connectivity index (χ0v) is 44.0. The van der Waals surface area contributed by atoms with Crippen LogP contribution in [0.2, 0.25) is 0 Å². The number of carbonyl (C=O) groups excluding carboxylic acids is 1. The van der Waals surface area contributed by atoms with E-state index in [-0.39, 0.29) is 19.1 Å². The maximum atomic E-state index is 12.9. The highest BCUT2D eigenvalue weighted by Gasteiger charge is 2.24. The van der Waals surface area contributed by atoms with E-state index in [2.05, 4.69) is 19.2 Å². The van der Waals surface area contributed by atoms with Crippen LogP contribution in [0.1, 0.15) is 290 Å². The summed E-state index contributed by atoms with van der Waals surface area (Å²) in [6, 6.07) is -0.793. The number of hydrogen-bond acceptors (Lipinski definition) is 6. The van der Waals surface area contributed by atoms with E-state index in [4.69, 9.17) is 9.05 Å². The van der Waals surface area contributed by atoms with Crippen molar-refractivity contribution in [1.82, 2.24) is 5.32 Å². The average Bonchev–Trinajstić information content (AvgIpc) is 3.24. The molecule has 0 saturated carbocycles. The number of quaternary nitrogens is 1. The average molecular weight is 915 g/mol. The van der Waals surface area contributed by atoms with E-state index in [1.54, 1.807) is 0 Å². The van der Waals surface area contributed by atoms with Gasteiger partial charge in [0.05, 0.1) is 39.9 Å². The van der Waals surface area contributed by atoms with E-state index in [0.717, 1.165) is 38.5 Å². The molecular weight excluding hydrogens is 804 g/mol. The SMILES string of the molecule is CCCCCCCCCCCCCCCCCCCCCCCCCCCCCCCCCC(=O)N[C@@H](COP(=O)([O-])OCC[N+](C)(C)C)[C@H](O)CCCCCCCCCCCC. The standard InChI is InChI=1S/C54H111N2O6P/c1-6-8-10-12-14-16-18-19-20-21-22-23-24-25-26-27-28-29-30-31-32-33-34-35-36-37-38-40-42-44-46-48-54(58)55-52(51-62-63(59,60)61-50-49-56(3,4)5)53(57)47-45-43-41-39-17-15-13-11-9-7-2/h52-53,57H,6-51H2,1-5H3,(H-,55,58,59,60)/t52-,53+/m0/s1. The van der Waals surface area contributed by atoms with Crippen molar-refractivity contribution in [2.75, 3.05) is 40.9 Å². The van der Waals surface area contributed by atoms with Gasteiger partial charge in [0.25, 0.3) is 7.82 Å². The minimum Gasteiger partial charge on any atom is -0.756 e. The highest BCUT2D eigenvalue weighted by molar-refractivity contribution is 7.45.